The quantitative estimate of drug-likeness (QED) is 0.889. The lowest BCUT2D eigenvalue weighted by Gasteiger charge is -2.37. The fourth-order valence-corrected chi connectivity index (χ4v) is 3.41. The average molecular weight is 314 g/mol. The predicted octanol–water partition coefficient (Wildman–Crippen LogP) is 3.73. The second-order valence-electron chi connectivity index (χ2n) is 7.60. The van der Waals surface area contributed by atoms with Gasteiger partial charge < -0.3 is 10.6 Å². The summed E-state index contributed by atoms with van der Waals surface area (Å²) in [6.07, 6.45) is 6.56. The van der Waals surface area contributed by atoms with Crippen LogP contribution in [0.15, 0.2) is 24.3 Å². The molecule has 2 saturated carbocycles. The van der Waals surface area contributed by atoms with Crippen molar-refractivity contribution in [3.05, 3.63) is 29.8 Å². The summed E-state index contributed by atoms with van der Waals surface area (Å²) in [6, 6.07) is 7.54. The molecule has 4 heteroatoms. The molecule has 0 bridgehead atoms. The molecule has 4 nitrogen and oxygen atoms in total. The van der Waals surface area contributed by atoms with Crippen molar-refractivity contribution in [2.75, 3.05) is 5.32 Å². The molecular formula is C19H26N2O2. The first-order chi connectivity index (χ1) is 11.0. The fourth-order valence-electron chi connectivity index (χ4n) is 3.41. The van der Waals surface area contributed by atoms with Crippen molar-refractivity contribution in [3.8, 4) is 0 Å². The van der Waals surface area contributed by atoms with Gasteiger partial charge in [0, 0.05) is 23.2 Å². The van der Waals surface area contributed by atoms with Crippen LogP contribution in [0.2, 0.25) is 0 Å². The normalized spacial score (nSPS) is 23.1. The number of carbonyl (C=O) groups excluding carboxylic acids is 2. The summed E-state index contributed by atoms with van der Waals surface area (Å²) >= 11 is 0. The van der Waals surface area contributed by atoms with Crippen LogP contribution in [0.5, 0.6) is 0 Å². The smallest absolute Gasteiger partial charge is 0.251 e. The molecule has 2 amide bonds. The van der Waals surface area contributed by atoms with E-state index in [0.29, 0.717) is 11.6 Å². The van der Waals surface area contributed by atoms with Gasteiger partial charge in [0.05, 0.1) is 0 Å². The molecule has 2 aliphatic carbocycles. The number of hydrogen-bond acceptors (Lipinski definition) is 2. The monoisotopic (exact) mass is 314 g/mol. The van der Waals surface area contributed by atoms with Crippen LogP contribution in [0, 0.1) is 11.3 Å². The largest absolute Gasteiger partial charge is 0.349 e. The Kier molecular flexibility index (Phi) is 4.42. The van der Waals surface area contributed by atoms with Crippen molar-refractivity contribution in [1.82, 2.24) is 5.32 Å². The highest BCUT2D eigenvalue weighted by Gasteiger charge is 2.37. The minimum Gasteiger partial charge on any atom is -0.349 e. The van der Waals surface area contributed by atoms with Crippen molar-refractivity contribution < 1.29 is 9.59 Å². The Morgan fingerprint density at radius 1 is 1.04 bits per heavy atom. The van der Waals surface area contributed by atoms with Crippen LogP contribution in [0.1, 0.15) is 62.7 Å². The maximum absolute atomic E-state index is 12.6. The average Bonchev–Trinajstić information content (AvgIpc) is 3.31. The number of anilines is 1. The van der Waals surface area contributed by atoms with Gasteiger partial charge >= 0.3 is 0 Å². The van der Waals surface area contributed by atoms with Crippen LogP contribution in [0.3, 0.4) is 0 Å². The maximum Gasteiger partial charge on any atom is 0.251 e. The van der Waals surface area contributed by atoms with Gasteiger partial charge in [-0.25, -0.2) is 0 Å². The molecule has 1 aromatic rings. The molecule has 1 unspecified atom stereocenters. The lowest BCUT2D eigenvalue weighted by Crippen LogP contribution is -2.37. The van der Waals surface area contributed by atoms with Crippen molar-refractivity contribution in [1.29, 1.82) is 0 Å². The molecule has 124 valence electrons. The number of amides is 2. The Morgan fingerprint density at radius 3 is 2.35 bits per heavy atom. The van der Waals surface area contributed by atoms with E-state index in [1.54, 1.807) is 12.1 Å². The SMILES string of the molecule is CC1(C)CCCCC1C(=O)Nc1ccc(C(=O)NC2CC2)cc1. The molecular weight excluding hydrogens is 288 g/mol. The molecule has 0 aliphatic heterocycles. The van der Waals surface area contributed by atoms with Gasteiger partial charge in [-0.3, -0.25) is 9.59 Å². The van der Waals surface area contributed by atoms with Crippen LogP contribution >= 0.6 is 0 Å². The number of carbonyl (C=O) groups is 2. The Balaban J connectivity index is 1.61. The Hall–Kier alpha value is -1.84. The summed E-state index contributed by atoms with van der Waals surface area (Å²) in [5, 5.41) is 5.98. The van der Waals surface area contributed by atoms with Gasteiger partial charge in [0.2, 0.25) is 5.91 Å². The standard InChI is InChI=1S/C19H26N2O2/c1-19(2)12-4-3-5-16(19)18(23)21-14-8-6-13(7-9-14)17(22)20-15-10-11-15/h6-9,15-16H,3-5,10-12H2,1-2H3,(H,20,22)(H,21,23). The number of hydrogen-bond donors (Lipinski definition) is 2. The van der Waals surface area contributed by atoms with E-state index in [1.165, 1.54) is 6.42 Å². The van der Waals surface area contributed by atoms with Gasteiger partial charge in [-0.05, 0) is 55.4 Å². The molecule has 3 rings (SSSR count). The van der Waals surface area contributed by atoms with Crippen molar-refractivity contribution in [3.63, 3.8) is 0 Å². The molecule has 0 spiro atoms. The number of nitrogens with one attached hydrogen (secondary N) is 2. The summed E-state index contributed by atoms with van der Waals surface area (Å²) in [6.45, 7) is 4.36. The third-order valence-corrected chi connectivity index (χ3v) is 5.15. The highest BCUT2D eigenvalue weighted by molar-refractivity contribution is 5.96. The molecule has 0 radical (unpaired) electrons. The van der Waals surface area contributed by atoms with E-state index in [-0.39, 0.29) is 23.1 Å². The molecule has 0 aromatic heterocycles. The first-order valence-electron chi connectivity index (χ1n) is 8.67. The van der Waals surface area contributed by atoms with E-state index in [2.05, 4.69) is 24.5 Å². The zero-order chi connectivity index (χ0) is 16.4. The van der Waals surface area contributed by atoms with Crippen LogP contribution in [-0.4, -0.2) is 17.9 Å². The number of benzene rings is 1. The van der Waals surface area contributed by atoms with E-state index >= 15 is 0 Å². The molecule has 2 aliphatic rings. The minimum atomic E-state index is -0.0289. The first kappa shape index (κ1) is 16.0. The van der Waals surface area contributed by atoms with Gasteiger partial charge in [0.15, 0.2) is 0 Å². The van der Waals surface area contributed by atoms with Crippen LogP contribution < -0.4 is 10.6 Å². The molecule has 1 aromatic carbocycles. The molecule has 0 saturated heterocycles. The Labute approximate surface area is 138 Å². The zero-order valence-corrected chi connectivity index (χ0v) is 14.0. The third-order valence-electron chi connectivity index (χ3n) is 5.15. The van der Waals surface area contributed by atoms with Crippen molar-refractivity contribution >= 4 is 17.5 Å². The predicted molar refractivity (Wildman–Crippen MR) is 91.3 cm³/mol. The van der Waals surface area contributed by atoms with Crippen molar-refractivity contribution in [2.45, 2.75) is 58.4 Å². The summed E-state index contributed by atoms with van der Waals surface area (Å²) in [7, 11) is 0. The lowest BCUT2D eigenvalue weighted by molar-refractivity contribution is -0.124. The van der Waals surface area contributed by atoms with Crippen molar-refractivity contribution in [2.24, 2.45) is 11.3 Å². The van der Waals surface area contributed by atoms with Crippen LogP contribution in [0.4, 0.5) is 5.69 Å². The Morgan fingerprint density at radius 2 is 1.74 bits per heavy atom. The molecule has 0 heterocycles. The van der Waals surface area contributed by atoms with E-state index in [9.17, 15) is 9.59 Å². The maximum atomic E-state index is 12.6. The second kappa shape index (κ2) is 6.34. The van der Waals surface area contributed by atoms with Gasteiger partial charge in [-0.1, -0.05) is 26.7 Å². The van der Waals surface area contributed by atoms with E-state index in [0.717, 1.165) is 37.8 Å². The van der Waals surface area contributed by atoms with Gasteiger partial charge in [-0.15, -0.1) is 0 Å². The summed E-state index contributed by atoms with van der Waals surface area (Å²) in [4.78, 5) is 24.5. The number of rotatable bonds is 4. The Bertz CT molecular complexity index is 588. The first-order valence-corrected chi connectivity index (χ1v) is 8.67. The second-order valence-corrected chi connectivity index (χ2v) is 7.60. The van der Waals surface area contributed by atoms with E-state index in [4.69, 9.17) is 0 Å². The summed E-state index contributed by atoms with van der Waals surface area (Å²) in [5.41, 5.74) is 1.47. The van der Waals surface area contributed by atoms with Gasteiger partial charge in [0.25, 0.3) is 5.91 Å². The van der Waals surface area contributed by atoms with E-state index < -0.39 is 0 Å². The minimum absolute atomic E-state index is 0.0289. The topological polar surface area (TPSA) is 58.2 Å². The van der Waals surface area contributed by atoms with Gasteiger partial charge in [0.1, 0.15) is 0 Å². The summed E-state index contributed by atoms with van der Waals surface area (Å²) < 4.78 is 0. The molecule has 1 atom stereocenters. The van der Waals surface area contributed by atoms with E-state index in [1.807, 2.05) is 12.1 Å². The van der Waals surface area contributed by atoms with Crippen LogP contribution in [-0.2, 0) is 4.79 Å². The molecule has 2 N–H and O–H groups in total. The third kappa shape index (κ3) is 3.92. The zero-order valence-electron chi connectivity index (χ0n) is 14.0. The summed E-state index contributed by atoms with van der Waals surface area (Å²) in [5.74, 6) is 0.137. The lowest BCUT2D eigenvalue weighted by atomic mass is 9.68. The molecule has 23 heavy (non-hydrogen) atoms. The van der Waals surface area contributed by atoms with Crippen LogP contribution in [0.25, 0.3) is 0 Å². The fraction of sp³-hybridized carbons (Fsp3) is 0.579. The highest BCUT2D eigenvalue weighted by Crippen LogP contribution is 2.41. The molecule has 2 fully saturated rings. The van der Waals surface area contributed by atoms with Gasteiger partial charge in [-0.2, -0.15) is 0 Å². The highest BCUT2D eigenvalue weighted by atomic mass is 16.2.